The second kappa shape index (κ2) is 9.61. The Morgan fingerprint density at radius 2 is 1.80 bits per heavy atom. The zero-order valence-electron chi connectivity index (χ0n) is 13.5. The van der Waals surface area contributed by atoms with E-state index >= 15 is 0 Å². The predicted molar refractivity (Wildman–Crippen MR) is 78.5 cm³/mol. The van der Waals surface area contributed by atoms with Gasteiger partial charge in [-0.1, -0.05) is 34.6 Å². The molecule has 20 heavy (non-hydrogen) atoms. The summed E-state index contributed by atoms with van der Waals surface area (Å²) in [7, 11) is 0. The van der Waals surface area contributed by atoms with E-state index < -0.39 is 6.09 Å². The molecule has 0 saturated carbocycles. The minimum Gasteiger partial charge on any atom is -0.466 e. The van der Waals surface area contributed by atoms with Crippen molar-refractivity contribution in [3.8, 4) is 0 Å². The van der Waals surface area contributed by atoms with Gasteiger partial charge in [0.1, 0.15) is 0 Å². The van der Waals surface area contributed by atoms with Gasteiger partial charge in [0.15, 0.2) is 0 Å². The van der Waals surface area contributed by atoms with Crippen molar-refractivity contribution in [3.63, 3.8) is 0 Å². The molecule has 0 rings (SSSR count). The number of carbonyl (C=O) groups is 2. The van der Waals surface area contributed by atoms with Gasteiger partial charge in [-0.3, -0.25) is 4.79 Å². The van der Waals surface area contributed by atoms with E-state index in [9.17, 15) is 9.59 Å². The van der Waals surface area contributed by atoms with E-state index in [1.165, 1.54) is 0 Å². The molecular formula is C15H29NO4. The Hall–Kier alpha value is -1.26. The normalized spacial score (nSPS) is 11.3. The van der Waals surface area contributed by atoms with Gasteiger partial charge in [0.05, 0.1) is 19.6 Å². The summed E-state index contributed by atoms with van der Waals surface area (Å²) in [5.74, 6) is 0.331. The summed E-state index contributed by atoms with van der Waals surface area (Å²) < 4.78 is 10.1. The standard InChI is InChI=1S/C15H29NO4/c1-12(2)7-6-10-19-13(17)8-9-16-14(18)20-11-15(3,4)5/h12H,6-11H2,1-5H3,(H,16,18). The van der Waals surface area contributed by atoms with E-state index in [1.54, 1.807) is 0 Å². The van der Waals surface area contributed by atoms with Gasteiger partial charge in [-0.05, 0) is 24.2 Å². The topological polar surface area (TPSA) is 64.6 Å². The number of ether oxygens (including phenoxy) is 2. The molecule has 0 saturated heterocycles. The fraction of sp³-hybridized carbons (Fsp3) is 0.867. The highest BCUT2D eigenvalue weighted by Gasteiger charge is 2.13. The summed E-state index contributed by atoms with van der Waals surface area (Å²) in [4.78, 5) is 22.7. The molecule has 0 radical (unpaired) electrons. The van der Waals surface area contributed by atoms with Crippen LogP contribution in [0.3, 0.4) is 0 Å². The Morgan fingerprint density at radius 3 is 2.35 bits per heavy atom. The number of carbonyl (C=O) groups excluding carboxylic acids is 2. The molecule has 0 aromatic carbocycles. The molecule has 0 atom stereocenters. The number of rotatable bonds is 8. The summed E-state index contributed by atoms with van der Waals surface area (Å²) in [6.45, 7) is 11.2. The van der Waals surface area contributed by atoms with Crippen LogP contribution in [0, 0.1) is 11.3 Å². The molecular weight excluding hydrogens is 258 g/mol. The first kappa shape index (κ1) is 18.7. The number of hydrogen-bond acceptors (Lipinski definition) is 4. The van der Waals surface area contributed by atoms with E-state index in [1.807, 2.05) is 20.8 Å². The van der Waals surface area contributed by atoms with Crippen LogP contribution >= 0.6 is 0 Å². The van der Waals surface area contributed by atoms with Crippen molar-refractivity contribution in [2.24, 2.45) is 11.3 Å². The maximum absolute atomic E-state index is 11.4. The van der Waals surface area contributed by atoms with Crippen molar-refractivity contribution in [3.05, 3.63) is 0 Å². The summed E-state index contributed by atoms with van der Waals surface area (Å²) in [5, 5.41) is 2.53. The maximum atomic E-state index is 11.4. The second-order valence-corrected chi connectivity index (χ2v) is 6.57. The molecule has 0 unspecified atom stereocenters. The average molecular weight is 287 g/mol. The molecule has 118 valence electrons. The van der Waals surface area contributed by atoms with Crippen LogP contribution in [-0.2, 0) is 14.3 Å². The molecule has 0 aliphatic heterocycles. The quantitative estimate of drug-likeness (QED) is 0.550. The summed E-state index contributed by atoms with van der Waals surface area (Å²) in [6, 6.07) is 0. The molecule has 0 fully saturated rings. The first-order valence-corrected chi connectivity index (χ1v) is 7.27. The third-order valence-electron chi connectivity index (χ3n) is 2.42. The highest BCUT2D eigenvalue weighted by Crippen LogP contribution is 2.12. The molecule has 0 aliphatic carbocycles. The molecule has 5 heteroatoms. The molecule has 0 aliphatic rings. The van der Waals surface area contributed by atoms with Gasteiger partial charge in [0, 0.05) is 6.54 Å². The first-order chi connectivity index (χ1) is 9.20. The first-order valence-electron chi connectivity index (χ1n) is 7.27. The van der Waals surface area contributed by atoms with Crippen molar-refractivity contribution in [1.82, 2.24) is 5.32 Å². The molecule has 5 nitrogen and oxygen atoms in total. The minimum absolute atomic E-state index is 0.0628. The highest BCUT2D eigenvalue weighted by molar-refractivity contribution is 5.71. The fourth-order valence-corrected chi connectivity index (χ4v) is 1.35. The van der Waals surface area contributed by atoms with Crippen molar-refractivity contribution < 1.29 is 19.1 Å². The maximum Gasteiger partial charge on any atom is 0.407 e. The minimum atomic E-state index is -0.493. The Bertz CT molecular complexity index is 295. The molecule has 0 aromatic rings. The Labute approximate surface area is 122 Å². The van der Waals surface area contributed by atoms with E-state index in [2.05, 4.69) is 19.2 Å². The summed E-state index contributed by atoms with van der Waals surface area (Å²) in [6.07, 6.45) is 1.61. The van der Waals surface area contributed by atoms with Crippen molar-refractivity contribution in [2.75, 3.05) is 19.8 Å². The van der Waals surface area contributed by atoms with Crippen LogP contribution in [0.2, 0.25) is 0 Å². The number of alkyl carbamates (subject to hydrolysis) is 1. The number of esters is 1. The monoisotopic (exact) mass is 287 g/mol. The van der Waals surface area contributed by atoms with Gasteiger partial charge in [0.2, 0.25) is 0 Å². The zero-order valence-corrected chi connectivity index (χ0v) is 13.5. The third-order valence-corrected chi connectivity index (χ3v) is 2.42. The second-order valence-electron chi connectivity index (χ2n) is 6.57. The lowest BCUT2D eigenvalue weighted by molar-refractivity contribution is -0.143. The molecule has 1 amide bonds. The summed E-state index contributed by atoms with van der Waals surface area (Å²) >= 11 is 0. The largest absolute Gasteiger partial charge is 0.466 e. The number of hydrogen-bond donors (Lipinski definition) is 1. The molecule has 0 bridgehead atoms. The van der Waals surface area contributed by atoms with Gasteiger partial charge in [-0.15, -0.1) is 0 Å². The van der Waals surface area contributed by atoms with Gasteiger partial charge < -0.3 is 14.8 Å². The van der Waals surface area contributed by atoms with E-state index in [0.29, 0.717) is 19.1 Å². The average Bonchev–Trinajstić information content (AvgIpc) is 2.31. The lowest BCUT2D eigenvalue weighted by Gasteiger charge is -2.17. The van der Waals surface area contributed by atoms with Gasteiger partial charge in [-0.2, -0.15) is 0 Å². The smallest absolute Gasteiger partial charge is 0.407 e. The van der Waals surface area contributed by atoms with Crippen LogP contribution in [-0.4, -0.2) is 31.8 Å². The van der Waals surface area contributed by atoms with Crippen LogP contribution in [0.25, 0.3) is 0 Å². The fourth-order valence-electron chi connectivity index (χ4n) is 1.35. The van der Waals surface area contributed by atoms with Crippen molar-refractivity contribution in [2.45, 2.75) is 53.9 Å². The zero-order chi connectivity index (χ0) is 15.6. The van der Waals surface area contributed by atoms with Crippen LogP contribution in [0.5, 0.6) is 0 Å². The Balaban J connectivity index is 3.53. The van der Waals surface area contributed by atoms with Crippen molar-refractivity contribution in [1.29, 1.82) is 0 Å². The molecule has 0 heterocycles. The van der Waals surface area contributed by atoms with E-state index in [4.69, 9.17) is 9.47 Å². The number of nitrogens with one attached hydrogen (secondary N) is 1. The molecule has 1 N–H and O–H groups in total. The van der Waals surface area contributed by atoms with Crippen LogP contribution in [0.4, 0.5) is 4.79 Å². The van der Waals surface area contributed by atoms with Crippen LogP contribution in [0.1, 0.15) is 53.9 Å². The third kappa shape index (κ3) is 13.2. The highest BCUT2D eigenvalue weighted by atomic mass is 16.5. The van der Waals surface area contributed by atoms with E-state index in [0.717, 1.165) is 12.8 Å². The van der Waals surface area contributed by atoms with Gasteiger partial charge >= 0.3 is 12.1 Å². The predicted octanol–water partition coefficient (Wildman–Crippen LogP) is 3.13. The van der Waals surface area contributed by atoms with Crippen LogP contribution < -0.4 is 5.32 Å². The Morgan fingerprint density at radius 1 is 1.15 bits per heavy atom. The van der Waals surface area contributed by atoms with E-state index in [-0.39, 0.29) is 24.3 Å². The van der Waals surface area contributed by atoms with Crippen molar-refractivity contribution >= 4 is 12.1 Å². The van der Waals surface area contributed by atoms with Gasteiger partial charge in [0.25, 0.3) is 0 Å². The lowest BCUT2D eigenvalue weighted by Crippen LogP contribution is -2.30. The summed E-state index contributed by atoms with van der Waals surface area (Å²) in [5.41, 5.74) is -0.0628. The lowest BCUT2D eigenvalue weighted by atomic mass is 9.99. The Kier molecular flexibility index (Phi) is 9.01. The van der Waals surface area contributed by atoms with Crippen LogP contribution in [0.15, 0.2) is 0 Å². The van der Waals surface area contributed by atoms with Gasteiger partial charge in [-0.25, -0.2) is 4.79 Å². The molecule has 0 spiro atoms. The SMILES string of the molecule is CC(C)CCCOC(=O)CCNC(=O)OCC(C)(C)C. The molecule has 0 aromatic heterocycles. The number of amides is 1.